The number of benzene rings is 1. The maximum atomic E-state index is 12.2. The molecule has 1 aliphatic heterocycles. The van der Waals surface area contributed by atoms with E-state index in [0.717, 1.165) is 10.9 Å². The van der Waals surface area contributed by atoms with Crippen LogP contribution in [0.4, 0.5) is 4.79 Å². The molecule has 0 spiro atoms. The average molecular weight is 341 g/mol. The number of carbonyl (C=O) groups excluding carboxylic acids is 1. The molecule has 1 aromatic carbocycles. The lowest BCUT2D eigenvalue weighted by atomic mass is 10.1. The van der Waals surface area contributed by atoms with Crippen molar-refractivity contribution in [3.05, 3.63) is 34.3 Å². The summed E-state index contributed by atoms with van der Waals surface area (Å²) in [6.45, 7) is 1.65. The van der Waals surface area contributed by atoms with Gasteiger partial charge in [-0.05, 0) is 36.6 Å². The first kappa shape index (κ1) is 14.8. The Morgan fingerprint density at radius 2 is 2.05 bits per heavy atom. The van der Waals surface area contributed by atoms with Crippen LogP contribution in [-0.4, -0.2) is 53.6 Å². The van der Waals surface area contributed by atoms with Crippen LogP contribution >= 0.6 is 15.9 Å². The van der Waals surface area contributed by atoms with Gasteiger partial charge >= 0.3 is 6.09 Å². The van der Waals surface area contributed by atoms with Gasteiger partial charge in [-0.15, -0.1) is 0 Å². The summed E-state index contributed by atoms with van der Waals surface area (Å²) in [5, 5.41) is 8.92. The molecule has 1 aliphatic rings. The Balaban J connectivity index is 1.92. The van der Waals surface area contributed by atoms with Crippen LogP contribution in [0.1, 0.15) is 16.8 Å². The van der Waals surface area contributed by atoms with Gasteiger partial charge in [0.05, 0.1) is 0 Å². The van der Waals surface area contributed by atoms with E-state index in [1.807, 2.05) is 12.1 Å². The first-order chi connectivity index (χ1) is 9.47. The molecule has 1 saturated heterocycles. The fourth-order valence-electron chi connectivity index (χ4n) is 2.44. The van der Waals surface area contributed by atoms with Crippen LogP contribution in [0, 0.1) is 5.92 Å². The van der Waals surface area contributed by atoms with Crippen molar-refractivity contribution in [1.29, 1.82) is 0 Å². The summed E-state index contributed by atoms with van der Waals surface area (Å²) in [5.41, 5.74) is 0.642. The number of nitrogens with zero attached hydrogens (tertiary/aromatic N) is 2. The van der Waals surface area contributed by atoms with E-state index in [4.69, 9.17) is 5.11 Å². The van der Waals surface area contributed by atoms with E-state index in [0.29, 0.717) is 25.2 Å². The molecule has 5 nitrogen and oxygen atoms in total. The Labute approximate surface area is 126 Å². The smallest absolute Gasteiger partial charge is 0.407 e. The van der Waals surface area contributed by atoms with Gasteiger partial charge in [-0.2, -0.15) is 0 Å². The molecule has 0 bridgehead atoms. The van der Waals surface area contributed by atoms with Crippen molar-refractivity contribution in [3.8, 4) is 0 Å². The number of likely N-dealkylation sites (tertiary alicyclic amines) is 1. The molecule has 1 heterocycles. The predicted octanol–water partition coefficient (Wildman–Crippen LogP) is 2.52. The molecule has 20 heavy (non-hydrogen) atoms. The Morgan fingerprint density at radius 3 is 2.60 bits per heavy atom. The summed E-state index contributed by atoms with van der Waals surface area (Å²) in [5.74, 6) is 0.182. The van der Waals surface area contributed by atoms with Gasteiger partial charge in [0, 0.05) is 36.7 Å². The van der Waals surface area contributed by atoms with E-state index < -0.39 is 6.09 Å². The van der Waals surface area contributed by atoms with E-state index in [-0.39, 0.29) is 11.8 Å². The maximum Gasteiger partial charge on any atom is 0.407 e. The number of halogens is 1. The zero-order valence-electron chi connectivity index (χ0n) is 11.3. The summed E-state index contributed by atoms with van der Waals surface area (Å²) >= 11 is 3.34. The first-order valence-electron chi connectivity index (χ1n) is 6.46. The third-order valence-electron chi connectivity index (χ3n) is 3.53. The highest BCUT2D eigenvalue weighted by Gasteiger charge is 2.27. The fourth-order valence-corrected chi connectivity index (χ4v) is 2.70. The van der Waals surface area contributed by atoms with Gasteiger partial charge in [-0.1, -0.05) is 15.9 Å². The molecule has 1 fully saturated rings. The Kier molecular flexibility index (Phi) is 4.65. The molecule has 1 aromatic rings. The molecule has 0 aromatic heterocycles. The van der Waals surface area contributed by atoms with Crippen molar-refractivity contribution >= 4 is 27.9 Å². The lowest BCUT2D eigenvalue weighted by molar-refractivity contribution is 0.0774. The van der Waals surface area contributed by atoms with Crippen molar-refractivity contribution in [2.45, 2.75) is 6.42 Å². The molecule has 108 valence electrons. The normalized spacial score (nSPS) is 18.1. The molecule has 0 saturated carbocycles. The minimum Gasteiger partial charge on any atom is -0.465 e. The zero-order valence-corrected chi connectivity index (χ0v) is 12.8. The van der Waals surface area contributed by atoms with E-state index in [1.165, 1.54) is 4.90 Å². The summed E-state index contributed by atoms with van der Waals surface area (Å²) in [7, 11) is 1.76. The van der Waals surface area contributed by atoms with Gasteiger partial charge in [-0.25, -0.2) is 4.79 Å². The number of carbonyl (C=O) groups is 2. The standard InChI is InChI=1S/C14H17BrN2O3/c1-16(8-10-6-7-17(9-10)14(19)20)13(18)11-2-4-12(15)5-3-11/h2-5,10H,6-9H2,1H3,(H,19,20)/t10-/m0/s1. The van der Waals surface area contributed by atoms with Crippen LogP contribution in [0.3, 0.4) is 0 Å². The first-order valence-corrected chi connectivity index (χ1v) is 7.25. The summed E-state index contributed by atoms with van der Waals surface area (Å²) in [6.07, 6.45) is -0.0704. The second-order valence-corrected chi connectivity index (χ2v) is 5.99. The van der Waals surface area contributed by atoms with Gasteiger partial charge < -0.3 is 14.9 Å². The van der Waals surface area contributed by atoms with E-state index >= 15 is 0 Å². The lowest BCUT2D eigenvalue weighted by Crippen LogP contribution is -2.34. The number of hydrogen-bond acceptors (Lipinski definition) is 2. The van der Waals surface area contributed by atoms with Gasteiger partial charge in [0.1, 0.15) is 0 Å². The number of amides is 2. The average Bonchev–Trinajstić information content (AvgIpc) is 2.87. The van der Waals surface area contributed by atoms with Gasteiger partial charge in [0.25, 0.3) is 5.91 Å². The highest BCUT2D eigenvalue weighted by atomic mass is 79.9. The van der Waals surface area contributed by atoms with Crippen molar-refractivity contribution < 1.29 is 14.7 Å². The molecule has 0 radical (unpaired) electrons. The third-order valence-corrected chi connectivity index (χ3v) is 4.05. The molecule has 1 atom stereocenters. The van der Waals surface area contributed by atoms with Gasteiger partial charge in [0.2, 0.25) is 0 Å². The fraction of sp³-hybridized carbons (Fsp3) is 0.429. The Bertz CT molecular complexity index is 504. The predicted molar refractivity (Wildman–Crippen MR) is 78.8 cm³/mol. The van der Waals surface area contributed by atoms with Gasteiger partial charge in [-0.3, -0.25) is 4.79 Å². The van der Waals surface area contributed by atoms with Crippen molar-refractivity contribution in [2.24, 2.45) is 5.92 Å². The van der Waals surface area contributed by atoms with Crippen LogP contribution < -0.4 is 0 Å². The van der Waals surface area contributed by atoms with Crippen molar-refractivity contribution in [1.82, 2.24) is 9.80 Å². The molecule has 0 unspecified atom stereocenters. The van der Waals surface area contributed by atoms with Crippen molar-refractivity contribution in [3.63, 3.8) is 0 Å². The van der Waals surface area contributed by atoms with Gasteiger partial charge in [0.15, 0.2) is 0 Å². The molecule has 6 heteroatoms. The molecular weight excluding hydrogens is 324 g/mol. The van der Waals surface area contributed by atoms with Crippen molar-refractivity contribution in [2.75, 3.05) is 26.7 Å². The SMILES string of the molecule is CN(C[C@@H]1CCN(C(=O)O)C1)C(=O)c1ccc(Br)cc1. The van der Waals surface area contributed by atoms with Crippen LogP contribution in [0.25, 0.3) is 0 Å². The Morgan fingerprint density at radius 1 is 1.40 bits per heavy atom. The van der Waals surface area contributed by atoms with Crippen LogP contribution in [-0.2, 0) is 0 Å². The quantitative estimate of drug-likeness (QED) is 0.919. The molecule has 2 rings (SSSR count). The summed E-state index contributed by atoms with van der Waals surface area (Å²) in [6, 6.07) is 7.23. The van der Waals surface area contributed by atoms with E-state index in [2.05, 4.69) is 15.9 Å². The molecule has 2 amide bonds. The minimum atomic E-state index is -0.880. The number of rotatable bonds is 3. The Hall–Kier alpha value is -1.56. The highest BCUT2D eigenvalue weighted by molar-refractivity contribution is 9.10. The molecule has 0 aliphatic carbocycles. The summed E-state index contributed by atoms with van der Waals surface area (Å²) in [4.78, 5) is 26.2. The summed E-state index contributed by atoms with van der Waals surface area (Å²) < 4.78 is 0.935. The lowest BCUT2D eigenvalue weighted by Gasteiger charge is -2.21. The van der Waals surface area contributed by atoms with E-state index in [1.54, 1.807) is 24.1 Å². The maximum absolute atomic E-state index is 12.2. The van der Waals surface area contributed by atoms with Crippen LogP contribution in [0.15, 0.2) is 28.7 Å². The largest absolute Gasteiger partial charge is 0.465 e. The van der Waals surface area contributed by atoms with Crippen LogP contribution in [0.2, 0.25) is 0 Å². The second kappa shape index (κ2) is 6.26. The van der Waals surface area contributed by atoms with Crippen LogP contribution in [0.5, 0.6) is 0 Å². The number of hydrogen-bond donors (Lipinski definition) is 1. The van der Waals surface area contributed by atoms with E-state index in [9.17, 15) is 9.59 Å². The minimum absolute atomic E-state index is 0.0359. The zero-order chi connectivity index (χ0) is 14.7. The number of carboxylic acid groups (broad SMARTS) is 1. The highest BCUT2D eigenvalue weighted by Crippen LogP contribution is 2.18. The molecular formula is C14H17BrN2O3. The third kappa shape index (κ3) is 3.50. The topological polar surface area (TPSA) is 60.9 Å². The monoisotopic (exact) mass is 340 g/mol. The second-order valence-electron chi connectivity index (χ2n) is 5.08. The molecule has 1 N–H and O–H groups in total.